The van der Waals surface area contributed by atoms with Gasteiger partial charge in [-0.15, -0.1) is 0 Å². The highest BCUT2D eigenvalue weighted by Gasteiger charge is 2.28. The van der Waals surface area contributed by atoms with Crippen molar-refractivity contribution in [2.24, 2.45) is 5.92 Å². The number of nitrogens with one attached hydrogen (secondary N) is 1. The van der Waals surface area contributed by atoms with E-state index in [4.69, 9.17) is 0 Å². The standard InChI is InChI=1S/C19H26N4/c1-15-6-11-23(14-15)18-7-12-22(13-8-18)17-4-2-16(3-5-17)19-20-9-10-21-19/h2-5,9-10,15,18H,6-8,11-14H2,1H3,(H,20,21). The van der Waals surface area contributed by atoms with Crippen LogP contribution in [0.3, 0.4) is 0 Å². The maximum Gasteiger partial charge on any atom is 0.137 e. The van der Waals surface area contributed by atoms with E-state index in [-0.39, 0.29) is 0 Å². The van der Waals surface area contributed by atoms with Gasteiger partial charge in [0.15, 0.2) is 0 Å². The molecule has 2 saturated heterocycles. The van der Waals surface area contributed by atoms with Gasteiger partial charge in [-0.1, -0.05) is 6.92 Å². The summed E-state index contributed by atoms with van der Waals surface area (Å²) in [4.78, 5) is 12.7. The van der Waals surface area contributed by atoms with Crippen LogP contribution >= 0.6 is 0 Å². The van der Waals surface area contributed by atoms with Gasteiger partial charge < -0.3 is 9.88 Å². The van der Waals surface area contributed by atoms with Crippen LogP contribution in [0.2, 0.25) is 0 Å². The fourth-order valence-corrected chi connectivity index (χ4v) is 4.04. The lowest BCUT2D eigenvalue weighted by molar-refractivity contribution is 0.202. The van der Waals surface area contributed by atoms with Crippen LogP contribution in [0.1, 0.15) is 26.2 Å². The first-order valence-electron chi connectivity index (χ1n) is 8.88. The quantitative estimate of drug-likeness (QED) is 0.944. The van der Waals surface area contributed by atoms with Gasteiger partial charge in [0.2, 0.25) is 0 Å². The third kappa shape index (κ3) is 3.13. The van der Waals surface area contributed by atoms with E-state index >= 15 is 0 Å². The van der Waals surface area contributed by atoms with Gasteiger partial charge >= 0.3 is 0 Å². The molecule has 2 aromatic rings. The van der Waals surface area contributed by atoms with Crippen LogP contribution in [0.4, 0.5) is 5.69 Å². The predicted molar refractivity (Wildman–Crippen MR) is 94.6 cm³/mol. The molecule has 122 valence electrons. The molecule has 0 bridgehead atoms. The number of hydrogen-bond acceptors (Lipinski definition) is 3. The summed E-state index contributed by atoms with van der Waals surface area (Å²) in [6.45, 7) is 7.35. The molecule has 1 atom stereocenters. The minimum absolute atomic E-state index is 0.804. The number of hydrogen-bond donors (Lipinski definition) is 1. The second kappa shape index (κ2) is 6.36. The number of anilines is 1. The Balaban J connectivity index is 1.37. The number of aromatic amines is 1. The Bertz CT molecular complexity index is 611. The smallest absolute Gasteiger partial charge is 0.137 e. The predicted octanol–water partition coefficient (Wildman–Crippen LogP) is 3.39. The second-order valence-electron chi connectivity index (χ2n) is 7.09. The molecule has 1 aromatic carbocycles. The van der Waals surface area contributed by atoms with Gasteiger partial charge in [-0.3, -0.25) is 4.90 Å². The molecule has 0 aliphatic carbocycles. The van der Waals surface area contributed by atoms with Crippen molar-refractivity contribution >= 4 is 5.69 Å². The summed E-state index contributed by atoms with van der Waals surface area (Å²) >= 11 is 0. The van der Waals surface area contributed by atoms with Crippen LogP contribution in [-0.2, 0) is 0 Å². The number of rotatable bonds is 3. The van der Waals surface area contributed by atoms with E-state index < -0.39 is 0 Å². The molecule has 1 aromatic heterocycles. The zero-order valence-corrected chi connectivity index (χ0v) is 13.9. The molecule has 0 amide bonds. The molecule has 23 heavy (non-hydrogen) atoms. The molecule has 2 aliphatic rings. The Kier molecular flexibility index (Phi) is 4.08. The van der Waals surface area contributed by atoms with E-state index in [1.54, 1.807) is 6.20 Å². The molecule has 0 radical (unpaired) electrons. The summed E-state index contributed by atoms with van der Waals surface area (Å²) in [5.41, 5.74) is 2.49. The first-order valence-corrected chi connectivity index (χ1v) is 8.88. The average Bonchev–Trinajstić information content (AvgIpc) is 3.27. The zero-order chi connectivity index (χ0) is 15.6. The molecule has 4 heteroatoms. The van der Waals surface area contributed by atoms with E-state index in [2.05, 4.69) is 51.0 Å². The molecule has 0 saturated carbocycles. The summed E-state index contributed by atoms with van der Waals surface area (Å²) in [5, 5.41) is 0. The Morgan fingerprint density at radius 1 is 1.04 bits per heavy atom. The zero-order valence-electron chi connectivity index (χ0n) is 13.9. The number of nitrogens with zero attached hydrogens (tertiary/aromatic N) is 3. The van der Waals surface area contributed by atoms with Gasteiger partial charge in [0, 0.05) is 49.3 Å². The maximum absolute atomic E-state index is 4.31. The monoisotopic (exact) mass is 310 g/mol. The first kappa shape index (κ1) is 14.8. The third-order valence-corrected chi connectivity index (χ3v) is 5.44. The van der Waals surface area contributed by atoms with Crippen LogP contribution in [0.25, 0.3) is 11.4 Å². The van der Waals surface area contributed by atoms with Gasteiger partial charge in [0.25, 0.3) is 0 Å². The molecular formula is C19H26N4. The van der Waals surface area contributed by atoms with Crippen molar-refractivity contribution in [1.82, 2.24) is 14.9 Å². The van der Waals surface area contributed by atoms with Crippen LogP contribution in [0.5, 0.6) is 0 Å². The van der Waals surface area contributed by atoms with Gasteiger partial charge in [-0.25, -0.2) is 4.98 Å². The molecule has 4 nitrogen and oxygen atoms in total. The van der Waals surface area contributed by atoms with Crippen LogP contribution < -0.4 is 4.90 Å². The number of likely N-dealkylation sites (tertiary alicyclic amines) is 1. The van der Waals surface area contributed by atoms with E-state index in [1.807, 2.05) is 6.20 Å². The van der Waals surface area contributed by atoms with Gasteiger partial charge in [0.1, 0.15) is 5.82 Å². The second-order valence-corrected chi connectivity index (χ2v) is 7.09. The fraction of sp³-hybridized carbons (Fsp3) is 0.526. The Labute approximate surface area is 138 Å². The maximum atomic E-state index is 4.31. The largest absolute Gasteiger partial charge is 0.371 e. The first-order chi connectivity index (χ1) is 11.3. The Hall–Kier alpha value is -1.81. The molecule has 0 spiro atoms. The average molecular weight is 310 g/mol. The van der Waals surface area contributed by atoms with Crippen LogP contribution in [0.15, 0.2) is 36.7 Å². The lowest BCUT2D eigenvalue weighted by atomic mass is 10.0. The van der Waals surface area contributed by atoms with Crippen molar-refractivity contribution in [3.05, 3.63) is 36.7 Å². The minimum atomic E-state index is 0.804. The number of imidazole rings is 1. The summed E-state index contributed by atoms with van der Waals surface area (Å²) in [7, 11) is 0. The Morgan fingerprint density at radius 2 is 1.83 bits per heavy atom. The highest BCUT2D eigenvalue weighted by molar-refractivity contribution is 5.60. The molecule has 2 aliphatic heterocycles. The van der Waals surface area contributed by atoms with Crippen molar-refractivity contribution in [3.63, 3.8) is 0 Å². The summed E-state index contributed by atoms with van der Waals surface area (Å²) in [6.07, 6.45) is 7.65. The lowest BCUT2D eigenvalue weighted by Crippen LogP contribution is -2.44. The number of benzene rings is 1. The van der Waals surface area contributed by atoms with Crippen molar-refractivity contribution in [3.8, 4) is 11.4 Å². The molecule has 4 rings (SSSR count). The van der Waals surface area contributed by atoms with Crippen molar-refractivity contribution < 1.29 is 0 Å². The van der Waals surface area contributed by atoms with Gasteiger partial charge in [-0.2, -0.15) is 0 Å². The summed E-state index contributed by atoms with van der Waals surface area (Å²) in [6, 6.07) is 9.61. The highest BCUT2D eigenvalue weighted by atomic mass is 15.2. The topological polar surface area (TPSA) is 35.2 Å². The van der Waals surface area contributed by atoms with E-state index in [0.717, 1.165) is 23.3 Å². The molecular weight excluding hydrogens is 284 g/mol. The number of piperidine rings is 1. The van der Waals surface area contributed by atoms with Gasteiger partial charge in [-0.05, 0) is 56.0 Å². The lowest BCUT2D eigenvalue weighted by Gasteiger charge is -2.38. The Morgan fingerprint density at radius 3 is 2.43 bits per heavy atom. The fourth-order valence-electron chi connectivity index (χ4n) is 4.04. The van der Waals surface area contributed by atoms with Crippen LogP contribution in [-0.4, -0.2) is 47.1 Å². The SMILES string of the molecule is CC1CCN(C2CCN(c3ccc(-c4ncc[nH]4)cc3)CC2)C1. The minimum Gasteiger partial charge on any atom is -0.371 e. The number of H-pyrrole nitrogens is 1. The van der Waals surface area contributed by atoms with Gasteiger partial charge in [0.05, 0.1) is 0 Å². The molecule has 1 unspecified atom stereocenters. The van der Waals surface area contributed by atoms with Crippen LogP contribution in [0, 0.1) is 5.92 Å². The van der Waals surface area contributed by atoms with E-state index in [1.165, 1.54) is 51.1 Å². The highest BCUT2D eigenvalue weighted by Crippen LogP contribution is 2.27. The number of aromatic nitrogens is 2. The van der Waals surface area contributed by atoms with E-state index in [0.29, 0.717) is 0 Å². The molecule has 2 fully saturated rings. The van der Waals surface area contributed by atoms with E-state index in [9.17, 15) is 0 Å². The molecule has 1 N–H and O–H groups in total. The van der Waals surface area contributed by atoms with Crippen molar-refractivity contribution in [2.45, 2.75) is 32.2 Å². The van der Waals surface area contributed by atoms with Crippen molar-refractivity contribution in [1.29, 1.82) is 0 Å². The summed E-state index contributed by atoms with van der Waals surface area (Å²) < 4.78 is 0. The summed E-state index contributed by atoms with van der Waals surface area (Å²) in [5.74, 6) is 1.83. The van der Waals surface area contributed by atoms with Crippen molar-refractivity contribution in [2.75, 3.05) is 31.1 Å². The third-order valence-electron chi connectivity index (χ3n) is 5.44. The normalized spacial score (nSPS) is 23.5. The molecule has 3 heterocycles.